The highest BCUT2D eigenvalue weighted by Crippen LogP contribution is 2.21. The molecule has 20 heavy (non-hydrogen) atoms. The predicted molar refractivity (Wildman–Crippen MR) is 78.4 cm³/mol. The average molecular weight is 277 g/mol. The number of rotatable bonds is 7. The summed E-state index contributed by atoms with van der Waals surface area (Å²) in [5.74, 6) is -0.246. The minimum absolute atomic E-state index is 0.101. The monoisotopic (exact) mass is 277 g/mol. The lowest BCUT2D eigenvalue weighted by atomic mass is 9.95. The van der Waals surface area contributed by atoms with Crippen molar-refractivity contribution in [2.24, 2.45) is 0 Å². The molecule has 0 radical (unpaired) electrons. The maximum Gasteiger partial charge on any atom is 0.305 e. The zero-order chi connectivity index (χ0) is 15.0. The van der Waals surface area contributed by atoms with Gasteiger partial charge in [0.25, 0.3) is 0 Å². The van der Waals surface area contributed by atoms with E-state index >= 15 is 0 Å². The summed E-state index contributed by atoms with van der Waals surface area (Å²) in [7, 11) is 3.16. The van der Waals surface area contributed by atoms with E-state index in [-0.39, 0.29) is 17.8 Å². The second kappa shape index (κ2) is 8.35. The van der Waals surface area contributed by atoms with Crippen molar-refractivity contribution in [3.8, 4) is 0 Å². The van der Waals surface area contributed by atoms with Crippen LogP contribution in [0.3, 0.4) is 0 Å². The summed E-state index contributed by atoms with van der Waals surface area (Å²) in [4.78, 5) is 25.2. The van der Waals surface area contributed by atoms with Gasteiger partial charge < -0.3 is 9.64 Å². The molecule has 1 atom stereocenters. The van der Waals surface area contributed by atoms with Crippen molar-refractivity contribution in [3.05, 3.63) is 35.9 Å². The lowest BCUT2D eigenvalue weighted by molar-refractivity contribution is -0.141. The smallest absolute Gasteiger partial charge is 0.305 e. The molecule has 0 spiro atoms. The van der Waals surface area contributed by atoms with E-state index in [1.807, 2.05) is 37.3 Å². The van der Waals surface area contributed by atoms with E-state index in [2.05, 4.69) is 4.74 Å². The Kier molecular flexibility index (Phi) is 6.77. The van der Waals surface area contributed by atoms with E-state index in [9.17, 15) is 9.59 Å². The third-order valence-corrected chi connectivity index (χ3v) is 3.39. The van der Waals surface area contributed by atoms with Crippen LogP contribution in [-0.4, -0.2) is 37.5 Å². The van der Waals surface area contributed by atoms with Crippen LogP contribution in [0.25, 0.3) is 0 Å². The van der Waals surface area contributed by atoms with Crippen molar-refractivity contribution in [2.45, 2.75) is 32.1 Å². The van der Waals surface area contributed by atoms with Gasteiger partial charge in [-0.25, -0.2) is 0 Å². The van der Waals surface area contributed by atoms with Crippen molar-refractivity contribution >= 4 is 11.9 Å². The number of benzene rings is 1. The maximum atomic E-state index is 12.4. The number of esters is 1. The molecule has 0 fully saturated rings. The number of ether oxygens (including phenoxy) is 1. The zero-order valence-corrected chi connectivity index (χ0v) is 12.5. The van der Waals surface area contributed by atoms with Gasteiger partial charge in [-0.1, -0.05) is 37.3 Å². The molecule has 0 heterocycles. The first-order valence-electron chi connectivity index (χ1n) is 6.96. The molecule has 4 nitrogen and oxygen atoms in total. The molecule has 0 aliphatic carbocycles. The maximum absolute atomic E-state index is 12.4. The number of hydrogen-bond acceptors (Lipinski definition) is 3. The Morgan fingerprint density at radius 2 is 1.90 bits per heavy atom. The van der Waals surface area contributed by atoms with E-state index in [0.717, 1.165) is 12.0 Å². The third kappa shape index (κ3) is 4.68. The SMILES string of the molecule is CCC(C(=O)N(C)CCCC(=O)OC)c1ccccc1. The van der Waals surface area contributed by atoms with Crippen LogP contribution in [0.2, 0.25) is 0 Å². The number of amides is 1. The molecule has 0 aliphatic heterocycles. The molecule has 0 aromatic heterocycles. The topological polar surface area (TPSA) is 46.6 Å². The van der Waals surface area contributed by atoms with Crippen molar-refractivity contribution in [1.82, 2.24) is 4.90 Å². The van der Waals surface area contributed by atoms with Crippen LogP contribution in [0.1, 0.15) is 37.7 Å². The van der Waals surface area contributed by atoms with Crippen LogP contribution >= 0.6 is 0 Å². The summed E-state index contributed by atoms with van der Waals surface area (Å²) in [6, 6.07) is 9.80. The van der Waals surface area contributed by atoms with Crippen LogP contribution in [0, 0.1) is 0 Å². The number of methoxy groups -OCH3 is 1. The normalized spacial score (nSPS) is 11.8. The average Bonchev–Trinajstić information content (AvgIpc) is 2.48. The van der Waals surface area contributed by atoms with Crippen molar-refractivity contribution in [3.63, 3.8) is 0 Å². The highest BCUT2D eigenvalue weighted by atomic mass is 16.5. The Balaban J connectivity index is 2.56. The molecule has 0 aliphatic rings. The fourth-order valence-corrected chi connectivity index (χ4v) is 2.18. The highest BCUT2D eigenvalue weighted by Gasteiger charge is 2.21. The third-order valence-electron chi connectivity index (χ3n) is 3.39. The van der Waals surface area contributed by atoms with Crippen molar-refractivity contribution in [2.75, 3.05) is 20.7 Å². The van der Waals surface area contributed by atoms with Crippen LogP contribution < -0.4 is 0 Å². The molecule has 1 aromatic rings. The van der Waals surface area contributed by atoms with Crippen LogP contribution in [0.5, 0.6) is 0 Å². The summed E-state index contributed by atoms with van der Waals surface area (Å²) in [5, 5.41) is 0. The van der Waals surface area contributed by atoms with Gasteiger partial charge in [0, 0.05) is 20.0 Å². The molecule has 110 valence electrons. The van der Waals surface area contributed by atoms with Crippen molar-refractivity contribution < 1.29 is 14.3 Å². The molecule has 1 amide bonds. The van der Waals surface area contributed by atoms with E-state index in [4.69, 9.17) is 0 Å². The molecule has 4 heteroatoms. The first-order chi connectivity index (χ1) is 9.60. The number of nitrogens with zero attached hydrogens (tertiary/aromatic N) is 1. The molecule has 0 saturated heterocycles. The van der Waals surface area contributed by atoms with E-state index < -0.39 is 0 Å². The van der Waals surface area contributed by atoms with Gasteiger partial charge in [0.15, 0.2) is 0 Å². The summed E-state index contributed by atoms with van der Waals surface area (Å²) in [6.45, 7) is 2.58. The van der Waals surface area contributed by atoms with Gasteiger partial charge in [0.1, 0.15) is 0 Å². The van der Waals surface area contributed by atoms with Gasteiger partial charge in [-0.05, 0) is 18.4 Å². The standard InChI is InChI=1S/C16H23NO3/c1-4-14(13-9-6-5-7-10-13)16(19)17(2)12-8-11-15(18)20-3/h5-7,9-10,14H,4,8,11-12H2,1-3H3. The predicted octanol–water partition coefficient (Wildman–Crippen LogP) is 2.59. The number of hydrogen-bond donors (Lipinski definition) is 0. The Morgan fingerprint density at radius 1 is 1.25 bits per heavy atom. The molecule has 1 aromatic carbocycles. The van der Waals surface area contributed by atoms with Crippen LogP contribution in [-0.2, 0) is 14.3 Å². The second-order valence-corrected chi connectivity index (χ2v) is 4.81. The molecule has 1 unspecified atom stereocenters. The van der Waals surface area contributed by atoms with Gasteiger partial charge >= 0.3 is 5.97 Å². The summed E-state index contributed by atoms with van der Waals surface area (Å²) >= 11 is 0. The van der Waals surface area contributed by atoms with Crippen LogP contribution in [0.4, 0.5) is 0 Å². The minimum atomic E-state index is -0.235. The minimum Gasteiger partial charge on any atom is -0.469 e. The van der Waals surface area contributed by atoms with Gasteiger partial charge in [-0.15, -0.1) is 0 Å². The molecule has 0 bridgehead atoms. The van der Waals surface area contributed by atoms with E-state index in [0.29, 0.717) is 19.4 Å². The van der Waals surface area contributed by atoms with Gasteiger partial charge in [-0.2, -0.15) is 0 Å². The summed E-state index contributed by atoms with van der Waals surface area (Å²) in [6.07, 6.45) is 1.74. The Bertz CT molecular complexity index is 431. The van der Waals surface area contributed by atoms with Crippen LogP contribution in [0.15, 0.2) is 30.3 Å². The zero-order valence-electron chi connectivity index (χ0n) is 12.5. The summed E-state index contributed by atoms with van der Waals surface area (Å²) in [5.41, 5.74) is 1.04. The van der Waals surface area contributed by atoms with Gasteiger partial charge in [0.2, 0.25) is 5.91 Å². The number of carbonyl (C=O) groups is 2. The van der Waals surface area contributed by atoms with E-state index in [1.165, 1.54) is 7.11 Å². The largest absolute Gasteiger partial charge is 0.469 e. The Hall–Kier alpha value is -1.84. The van der Waals surface area contributed by atoms with E-state index in [1.54, 1.807) is 11.9 Å². The second-order valence-electron chi connectivity index (χ2n) is 4.81. The van der Waals surface area contributed by atoms with Gasteiger partial charge in [0.05, 0.1) is 13.0 Å². The molecular weight excluding hydrogens is 254 g/mol. The Morgan fingerprint density at radius 3 is 2.45 bits per heavy atom. The van der Waals surface area contributed by atoms with Crippen molar-refractivity contribution in [1.29, 1.82) is 0 Å². The molecular formula is C16H23NO3. The fourth-order valence-electron chi connectivity index (χ4n) is 2.18. The fraction of sp³-hybridized carbons (Fsp3) is 0.500. The molecule has 0 N–H and O–H groups in total. The van der Waals surface area contributed by atoms with Gasteiger partial charge in [-0.3, -0.25) is 9.59 Å². The lowest BCUT2D eigenvalue weighted by Crippen LogP contribution is -2.32. The molecule has 0 saturated carbocycles. The summed E-state index contributed by atoms with van der Waals surface area (Å²) < 4.78 is 4.59. The lowest BCUT2D eigenvalue weighted by Gasteiger charge is -2.23. The Labute approximate surface area is 120 Å². The molecule has 1 rings (SSSR count). The highest BCUT2D eigenvalue weighted by molar-refractivity contribution is 5.83. The number of likely N-dealkylation sites (N-methyl/N-ethyl adjacent to an activating group) is 1. The first kappa shape index (κ1) is 16.2. The number of carbonyl (C=O) groups excluding carboxylic acids is 2. The first-order valence-corrected chi connectivity index (χ1v) is 6.96. The quantitative estimate of drug-likeness (QED) is 0.720.